The Morgan fingerprint density at radius 2 is 2.13 bits per heavy atom. The predicted molar refractivity (Wildman–Crippen MR) is 78.2 cm³/mol. The van der Waals surface area contributed by atoms with Gasteiger partial charge < -0.3 is 14.8 Å². The first-order valence-electron chi connectivity index (χ1n) is 7.45. The van der Waals surface area contributed by atoms with E-state index < -0.39 is 12.8 Å². The molecule has 0 bridgehead atoms. The van der Waals surface area contributed by atoms with Gasteiger partial charge in [0, 0.05) is 13.7 Å². The largest absolute Gasteiger partial charge is 0.484 e. The van der Waals surface area contributed by atoms with Crippen molar-refractivity contribution in [3.8, 4) is 5.75 Å². The molecular formula is C16H20F3NO3. The zero-order valence-electron chi connectivity index (χ0n) is 12.9. The monoisotopic (exact) mass is 331 g/mol. The number of hydrogen-bond donors (Lipinski definition) is 1. The molecule has 0 radical (unpaired) electrons. The molecule has 1 atom stereocenters. The minimum absolute atomic E-state index is 0.0282. The van der Waals surface area contributed by atoms with E-state index in [0.29, 0.717) is 18.0 Å². The molecule has 0 aliphatic heterocycles. The van der Waals surface area contributed by atoms with E-state index in [4.69, 9.17) is 4.74 Å². The average molecular weight is 331 g/mol. The lowest BCUT2D eigenvalue weighted by Crippen LogP contribution is -2.35. The van der Waals surface area contributed by atoms with E-state index in [2.05, 4.69) is 10.1 Å². The maximum Gasteiger partial charge on any atom is 0.422 e. The number of halogens is 3. The molecule has 4 nitrogen and oxygen atoms in total. The van der Waals surface area contributed by atoms with E-state index >= 15 is 0 Å². The van der Waals surface area contributed by atoms with Crippen molar-refractivity contribution in [2.75, 3.05) is 20.3 Å². The smallest absolute Gasteiger partial charge is 0.422 e. The van der Waals surface area contributed by atoms with E-state index in [1.165, 1.54) is 12.1 Å². The number of methoxy groups -OCH3 is 1. The van der Waals surface area contributed by atoms with Gasteiger partial charge in [-0.05, 0) is 36.5 Å². The van der Waals surface area contributed by atoms with Crippen LogP contribution in [0.1, 0.15) is 18.4 Å². The molecule has 0 aromatic heterocycles. The van der Waals surface area contributed by atoms with E-state index in [0.717, 1.165) is 12.8 Å². The number of alkyl halides is 3. The Bertz CT molecular complexity index is 530. The van der Waals surface area contributed by atoms with Gasteiger partial charge in [-0.15, -0.1) is 0 Å². The van der Waals surface area contributed by atoms with Crippen LogP contribution in [-0.4, -0.2) is 38.4 Å². The van der Waals surface area contributed by atoms with Crippen molar-refractivity contribution in [1.82, 2.24) is 5.32 Å². The van der Waals surface area contributed by atoms with E-state index in [9.17, 15) is 18.0 Å². The maximum atomic E-state index is 12.1. The molecule has 0 heterocycles. The van der Waals surface area contributed by atoms with Gasteiger partial charge in [0.1, 0.15) is 5.75 Å². The van der Waals surface area contributed by atoms with Crippen LogP contribution in [-0.2, 0) is 16.0 Å². The van der Waals surface area contributed by atoms with Crippen molar-refractivity contribution >= 4 is 5.91 Å². The molecule has 23 heavy (non-hydrogen) atoms. The van der Waals surface area contributed by atoms with Crippen LogP contribution in [0.2, 0.25) is 0 Å². The Hall–Kier alpha value is -1.76. The lowest BCUT2D eigenvalue weighted by atomic mass is 10.1. The minimum atomic E-state index is -4.38. The molecule has 1 aliphatic rings. The molecule has 7 heteroatoms. The molecule has 0 saturated heterocycles. The summed E-state index contributed by atoms with van der Waals surface area (Å²) in [6.45, 7) is -0.899. The van der Waals surface area contributed by atoms with Crippen molar-refractivity contribution in [2.24, 2.45) is 5.92 Å². The van der Waals surface area contributed by atoms with Crippen molar-refractivity contribution in [3.63, 3.8) is 0 Å². The zero-order valence-corrected chi connectivity index (χ0v) is 12.9. The van der Waals surface area contributed by atoms with Crippen LogP contribution in [0.25, 0.3) is 0 Å². The SMILES string of the molecule is CO[C@H](CNC(=O)Cc1cccc(OCC(F)(F)F)c1)C1CC1. The number of rotatable bonds is 8. The van der Waals surface area contributed by atoms with E-state index in [-0.39, 0.29) is 24.2 Å². The highest BCUT2D eigenvalue weighted by Gasteiger charge is 2.31. The molecular weight excluding hydrogens is 311 g/mol. The van der Waals surface area contributed by atoms with Gasteiger partial charge in [-0.25, -0.2) is 0 Å². The molecule has 1 saturated carbocycles. The second-order valence-corrected chi connectivity index (χ2v) is 5.64. The standard InChI is InChI=1S/C16H20F3NO3/c1-22-14(12-5-6-12)9-20-15(21)8-11-3-2-4-13(7-11)23-10-16(17,18)19/h2-4,7,12,14H,5-6,8-10H2,1H3,(H,20,21)/t14-/m1/s1. The fourth-order valence-corrected chi connectivity index (χ4v) is 2.28. The average Bonchev–Trinajstić information content (AvgIpc) is 3.30. The highest BCUT2D eigenvalue weighted by atomic mass is 19.4. The van der Waals surface area contributed by atoms with Crippen LogP contribution >= 0.6 is 0 Å². The number of benzene rings is 1. The Morgan fingerprint density at radius 3 is 2.74 bits per heavy atom. The minimum Gasteiger partial charge on any atom is -0.484 e. The van der Waals surface area contributed by atoms with E-state index in [1.54, 1.807) is 19.2 Å². The summed E-state index contributed by atoms with van der Waals surface area (Å²) in [5.41, 5.74) is 0.600. The van der Waals surface area contributed by atoms with Crippen molar-refractivity contribution in [2.45, 2.75) is 31.5 Å². The van der Waals surface area contributed by atoms with Crippen LogP contribution < -0.4 is 10.1 Å². The first-order valence-corrected chi connectivity index (χ1v) is 7.45. The molecule has 0 spiro atoms. The second-order valence-electron chi connectivity index (χ2n) is 5.64. The highest BCUT2D eigenvalue weighted by molar-refractivity contribution is 5.78. The molecule has 1 N–H and O–H groups in total. The first-order chi connectivity index (χ1) is 10.9. The van der Waals surface area contributed by atoms with Crippen molar-refractivity contribution in [3.05, 3.63) is 29.8 Å². The second kappa shape index (κ2) is 7.68. The highest BCUT2D eigenvalue weighted by Crippen LogP contribution is 2.33. The van der Waals surface area contributed by atoms with Gasteiger partial charge in [0.15, 0.2) is 6.61 Å². The first kappa shape index (κ1) is 17.6. The van der Waals surface area contributed by atoms with Crippen LogP contribution in [0.5, 0.6) is 5.75 Å². The summed E-state index contributed by atoms with van der Waals surface area (Å²) in [5.74, 6) is 0.417. The van der Waals surface area contributed by atoms with Crippen LogP contribution in [0.15, 0.2) is 24.3 Å². The Morgan fingerprint density at radius 1 is 1.39 bits per heavy atom. The third kappa shape index (κ3) is 6.48. The van der Waals surface area contributed by atoms with Crippen molar-refractivity contribution in [1.29, 1.82) is 0 Å². The van der Waals surface area contributed by atoms with Gasteiger partial charge in [0.05, 0.1) is 12.5 Å². The summed E-state index contributed by atoms with van der Waals surface area (Å²) in [6.07, 6.45) is -2.03. The third-order valence-corrected chi connectivity index (χ3v) is 3.62. The number of hydrogen-bond acceptors (Lipinski definition) is 3. The molecule has 1 aliphatic carbocycles. The summed E-state index contributed by atoms with van der Waals surface area (Å²) >= 11 is 0. The Kier molecular flexibility index (Phi) is 5.87. The lowest BCUT2D eigenvalue weighted by molar-refractivity contribution is -0.153. The number of nitrogens with one attached hydrogen (secondary N) is 1. The maximum absolute atomic E-state index is 12.1. The van der Waals surface area contributed by atoms with E-state index in [1.807, 2.05) is 0 Å². The predicted octanol–water partition coefficient (Wildman–Crippen LogP) is 2.71. The Labute approximate surface area is 133 Å². The zero-order chi connectivity index (χ0) is 16.9. The summed E-state index contributed by atoms with van der Waals surface area (Å²) in [7, 11) is 1.62. The normalized spacial score (nSPS) is 16.0. The van der Waals surface area contributed by atoms with Crippen molar-refractivity contribution < 1.29 is 27.4 Å². The lowest BCUT2D eigenvalue weighted by Gasteiger charge is -2.15. The molecule has 0 unspecified atom stereocenters. The molecule has 1 aromatic carbocycles. The van der Waals surface area contributed by atoms with Gasteiger partial charge in [0.2, 0.25) is 5.91 Å². The number of carbonyl (C=O) groups excluding carboxylic acids is 1. The van der Waals surface area contributed by atoms with Crippen LogP contribution in [0.3, 0.4) is 0 Å². The fraction of sp³-hybridized carbons (Fsp3) is 0.562. The third-order valence-electron chi connectivity index (χ3n) is 3.62. The quantitative estimate of drug-likeness (QED) is 0.797. The summed E-state index contributed by atoms with van der Waals surface area (Å²) in [5, 5.41) is 2.79. The molecule has 1 fully saturated rings. The number of ether oxygens (including phenoxy) is 2. The van der Waals surface area contributed by atoms with Gasteiger partial charge in [0.25, 0.3) is 0 Å². The summed E-state index contributed by atoms with van der Waals surface area (Å²) < 4.78 is 46.4. The van der Waals surface area contributed by atoms with Gasteiger partial charge in [-0.3, -0.25) is 4.79 Å². The Balaban J connectivity index is 1.80. The van der Waals surface area contributed by atoms with Gasteiger partial charge >= 0.3 is 6.18 Å². The molecule has 1 amide bonds. The fourth-order valence-electron chi connectivity index (χ4n) is 2.28. The van der Waals surface area contributed by atoms with Crippen LogP contribution in [0, 0.1) is 5.92 Å². The number of carbonyl (C=O) groups is 1. The summed E-state index contributed by atoms with van der Waals surface area (Å²) in [4.78, 5) is 11.9. The van der Waals surface area contributed by atoms with Gasteiger partial charge in [-0.1, -0.05) is 12.1 Å². The molecule has 2 rings (SSSR count). The molecule has 128 valence electrons. The molecule has 1 aromatic rings. The topological polar surface area (TPSA) is 47.6 Å². The van der Waals surface area contributed by atoms with Crippen LogP contribution in [0.4, 0.5) is 13.2 Å². The van der Waals surface area contributed by atoms with Gasteiger partial charge in [-0.2, -0.15) is 13.2 Å². The number of amides is 1. The summed E-state index contributed by atoms with van der Waals surface area (Å²) in [6, 6.07) is 6.12.